The van der Waals surface area contributed by atoms with E-state index >= 15 is 0 Å². The minimum absolute atomic E-state index is 1.00. The topological polar surface area (TPSA) is 35.5 Å². The molecule has 15 heavy (non-hydrogen) atoms. The van der Waals surface area contributed by atoms with Gasteiger partial charge in [0.25, 0.3) is 0 Å². The Morgan fingerprint density at radius 3 is 2.53 bits per heavy atom. The van der Waals surface area contributed by atoms with E-state index < -0.39 is 0 Å². The van der Waals surface area contributed by atoms with E-state index in [2.05, 4.69) is 48.0 Å². The van der Waals surface area contributed by atoms with Crippen molar-refractivity contribution in [3.63, 3.8) is 0 Å². The van der Waals surface area contributed by atoms with Crippen molar-refractivity contribution >= 4 is 17.6 Å². The smallest absolute Gasteiger partial charge is 0.0340 e. The minimum atomic E-state index is 1.00. The van der Waals surface area contributed by atoms with Gasteiger partial charge < -0.3 is 10.4 Å². The first-order chi connectivity index (χ1) is 7.22. The fraction of sp³-hybridized carbons (Fsp3) is 0.455. The summed E-state index contributed by atoms with van der Waals surface area (Å²) in [7, 11) is 7.07. The van der Waals surface area contributed by atoms with Gasteiger partial charge in [-0.2, -0.15) is 0 Å². The van der Waals surface area contributed by atoms with Crippen molar-refractivity contribution in [3.8, 4) is 0 Å². The minimum Gasteiger partial charge on any atom is -0.400 e. The first kappa shape index (κ1) is 14.3. The zero-order valence-electron chi connectivity index (χ0n) is 9.82. The van der Waals surface area contributed by atoms with Crippen molar-refractivity contribution in [2.24, 2.45) is 0 Å². The molecule has 4 heteroatoms. The van der Waals surface area contributed by atoms with E-state index in [-0.39, 0.29) is 0 Å². The Morgan fingerprint density at radius 2 is 2.00 bits per heavy atom. The van der Waals surface area contributed by atoms with Gasteiger partial charge in [-0.3, -0.25) is 4.31 Å². The fourth-order valence-electron chi connectivity index (χ4n) is 1.02. The molecule has 0 spiro atoms. The molecule has 0 aliphatic carbocycles. The first-order valence-corrected chi connectivity index (χ1v) is 5.68. The maximum absolute atomic E-state index is 7.00. The Hall–Kier alpha value is -0.710. The molecule has 1 aromatic rings. The Labute approximate surface area is 96.6 Å². The molecule has 0 aromatic heterocycles. The van der Waals surface area contributed by atoms with Crippen molar-refractivity contribution in [1.29, 1.82) is 0 Å². The quantitative estimate of drug-likeness (QED) is 0.773. The van der Waals surface area contributed by atoms with Crippen molar-refractivity contribution < 1.29 is 5.11 Å². The summed E-state index contributed by atoms with van der Waals surface area (Å²) in [6.07, 6.45) is 0. The molecule has 0 atom stereocenters. The van der Waals surface area contributed by atoms with Gasteiger partial charge in [0.1, 0.15) is 0 Å². The highest BCUT2D eigenvalue weighted by atomic mass is 32.2. The van der Waals surface area contributed by atoms with E-state index in [1.165, 1.54) is 11.3 Å². The van der Waals surface area contributed by atoms with Crippen molar-refractivity contribution in [3.05, 3.63) is 29.8 Å². The van der Waals surface area contributed by atoms with Crippen molar-refractivity contribution in [2.45, 2.75) is 5.75 Å². The lowest BCUT2D eigenvalue weighted by Gasteiger charge is -2.09. The monoisotopic (exact) mass is 228 g/mol. The predicted molar refractivity (Wildman–Crippen MR) is 69.1 cm³/mol. The third-order valence-electron chi connectivity index (χ3n) is 1.71. The average Bonchev–Trinajstić information content (AvgIpc) is 2.29. The Bertz CT molecular complexity index is 267. The number of anilines is 1. The number of hydrogen-bond donors (Lipinski definition) is 2. The second-order valence-corrected chi connectivity index (χ2v) is 4.31. The average molecular weight is 228 g/mol. The van der Waals surface area contributed by atoms with Crippen molar-refractivity contribution in [2.75, 3.05) is 33.6 Å². The molecule has 2 N–H and O–H groups in total. The van der Waals surface area contributed by atoms with Gasteiger partial charge in [-0.25, -0.2) is 0 Å². The number of nitrogens with one attached hydrogen (secondary N) is 1. The van der Waals surface area contributed by atoms with Gasteiger partial charge in [0, 0.05) is 25.6 Å². The molecule has 0 amide bonds. The summed E-state index contributed by atoms with van der Waals surface area (Å²) in [5.74, 6) is 1.03. The van der Waals surface area contributed by atoms with Gasteiger partial charge in [0.2, 0.25) is 0 Å². The molecule has 3 nitrogen and oxygen atoms in total. The number of aliphatic hydroxyl groups is 1. The number of hydrogen-bond acceptors (Lipinski definition) is 4. The molecular weight excluding hydrogens is 208 g/mol. The SMILES string of the molecule is CNc1cccc(CSN(C)C)c1.CO. The van der Waals surface area contributed by atoms with Crippen LogP contribution in [0.1, 0.15) is 5.56 Å². The number of rotatable bonds is 4. The van der Waals surface area contributed by atoms with Gasteiger partial charge in [-0.05, 0) is 31.8 Å². The second kappa shape index (κ2) is 8.59. The molecule has 1 rings (SSSR count). The lowest BCUT2D eigenvalue weighted by atomic mass is 10.2. The van der Waals surface area contributed by atoms with E-state index in [1.54, 1.807) is 0 Å². The van der Waals surface area contributed by atoms with Crippen LogP contribution in [0.5, 0.6) is 0 Å². The van der Waals surface area contributed by atoms with Crippen LogP contribution >= 0.6 is 11.9 Å². The lowest BCUT2D eigenvalue weighted by molar-refractivity contribution is 0.399. The predicted octanol–water partition coefficient (Wildman–Crippen LogP) is 2.05. The van der Waals surface area contributed by atoms with Gasteiger partial charge in [0.05, 0.1) is 0 Å². The van der Waals surface area contributed by atoms with Gasteiger partial charge in [-0.15, -0.1) is 0 Å². The van der Waals surface area contributed by atoms with Crippen LogP contribution in [0.15, 0.2) is 24.3 Å². The zero-order valence-corrected chi connectivity index (χ0v) is 10.6. The molecule has 0 unspecified atom stereocenters. The van der Waals surface area contributed by atoms with Crippen LogP contribution in [0.4, 0.5) is 5.69 Å². The van der Waals surface area contributed by atoms with Crippen LogP contribution in [0.25, 0.3) is 0 Å². The highest BCUT2D eigenvalue weighted by Crippen LogP contribution is 2.16. The molecule has 0 saturated carbocycles. The number of nitrogens with zero attached hydrogens (tertiary/aromatic N) is 1. The molecule has 0 aliphatic rings. The Balaban J connectivity index is 0.000000921. The summed E-state index contributed by atoms with van der Waals surface area (Å²) < 4.78 is 2.12. The summed E-state index contributed by atoms with van der Waals surface area (Å²) >= 11 is 1.81. The van der Waals surface area contributed by atoms with E-state index in [4.69, 9.17) is 5.11 Å². The second-order valence-electron chi connectivity index (χ2n) is 3.04. The number of aliphatic hydroxyl groups excluding tert-OH is 1. The molecule has 0 saturated heterocycles. The summed E-state index contributed by atoms with van der Waals surface area (Å²) in [5, 5.41) is 10.1. The summed E-state index contributed by atoms with van der Waals surface area (Å²) in [6.45, 7) is 0. The third kappa shape index (κ3) is 6.38. The van der Waals surface area contributed by atoms with Gasteiger partial charge in [0.15, 0.2) is 0 Å². The fourth-order valence-corrected chi connectivity index (χ4v) is 1.61. The maximum atomic E-state index is 7.00. The van der Waals surface area contributed by atoms with E-state index in [0.29, 0.717) is 0 Å². The zero-order chi connectivity index (χ0) is 11.7. The molecular formula is C11H20N2OS. The Kier molecular flexibility index (Phi) is 8.18. The van der Waals surface area contributed by atoms with Crippen LogP contribution in [0.2, 0.25) is 0 Å². The van der Waals surface area contributed by atoms with E-state index in [0.717, 1.165) is 12.9 Å². The van der Waals surface area contributed by atoms with Crippen LogP contribution in [0.3, 0.4) is 0 Å². The van der Waals surface area contributed by atoms with Gasteiger partial charge >= 0.3 is 0 Å². The van der Waals surface area contributed by atoms with Crippen LogP contribution in [0, 0.1) is 0 Å². The molecule has 0 aliphatic heterocycles. The van der Waals surface area contributed by atoms with Gasteiger partial charge in [-0.1, -0.05) is 24.1 Å². The third-order valence-corrected chi connectivity index (χ3v) is 2.68. The largest absolute Gasteiger partial charge is 0.400 e. The van der Waals surface area contributed by atoms with E-state index in [9.17, 15) is 0 Å². The molecule has 0 radical (unpaired) electrons. The van der Waals surface area contributed by atoms with Crippen molar-refractivity contribution in [1.82, 2.24) is 4.31 Å². The summed E-state index contributed by atoms with van der Waals surface area (Å²) in [4.78, 5) is 0. The Morgan fingerprint density at radius 1 is 1.33 bits per heavy atom. The highest BCUT2D eigenvalue weighted by Gasteiger charge is 1.96. The molecule has 0 bridgehead atoms. The van der Waals surface area contributed by atoms with E-state index in [1.807, 2.05) is 19.0 Å². The molecule has 1 aromatic carbocycles. The van der Waals surface area contributed by atoms with Crippen LogP contribution in [-0.4, -0.2) is 37.7 Å². The first-order valence-electron chi connectivity index (χ1n) is 4.74. The lowest BCUT2D eigenvalue weighted by Crippen LogP contribution is -2.00. The maximum Gasteiger partial charge on any atom is 0.0340 e. The number of benzene rings is 1. The normalized spacial score (nSPS) is 9.47. The molecule has 86 valence electrons. The van der Waals surface area contributed by atoms with Crippen LogP contribution < -0.4 is 5.32 Å². The molecule has 0 heterocycles. The highest BCUT2D eigenvalue weighted by molar-refractivity contribution is 7.96. The molecule has 0 fully saturated rings. The summed E-state index contributed by atoms with van der Waals surface area (Å²) in [5.41, 5.74) is 2.53. The summed E-state index contributed by atoms with van der Waals surface area (Å²) in [6, 6.07) is 8.48. The van der Waals surface area contributed by atoms with Crippen LogP contribution in [-0.2, 0) is 5.75 Å². The standard InChI is InChI=1S/C10H16N2S.CH4O/c1-11-10-6-4-5-9(7-10)8-13-12(2)3;1-2/h4-7,11H,8H2,1-3H3;2H,1H3.